The summed E-state index contributed by atoms with van der Waals surface area (Å²) in [7, 11) is 1.29. The zero-order valence-electron chi connectivity index (χ0n) is 24.1. The average Bonchev–Trinajstić information content (AvgIpc) is 3.45. The lowest BCUT2D eigenvalue weighted by Gasteiger charge is -2.22. The van der Waals surface area contributed by atoms with Crippen LogP contribution in [0.4, 0.5) is 40.8 Å². The number of hydrogen-bond donors (Lipinski definition) is 3. The minimum atomic E-state index is -4.91. The Morgan fingerprint density at radius 2 is 1.72 bits per heavy atom. The first kappa shape index (κ1) is 33.9. The smallest absolute Gasteiger partial charge is 0.417 e. The number of halogens is 8. The van der Waals surface area contributed by atoms with Gasteiger partial charge in [-0.05, 0) is 37.6 Å². The molecule has 0 aliphatic carbocycles. The maximum absolute atomic E-state index is 14.8. The normalized spacial score (nSPS) is 13.5. The Kier molecular flexibility index (Phi) is 9.17. The molecule has 1 aromatic carbocycles. The molecule has 0 aliphatic rings. The second-order valence-corrected chi connectivity index (χ2v) is 10.3. The molecule has 0 aliphatic heterocycles. The van der Waals surface area contributed by atoms with Crippen molar-refractivity contribution in [1.29, 1.82) is 0 Å². The number of nitrogens with zero attached hydrogens (tertiary/aromatic N) is 3. The molecule has 2 atom stereocenters. The van der Waals surface area contributed by atoms with Crippen LogP contribution < -0.4 is 16.2 Å². The monoisotopic (exact) mass is 659 g/mol. The maximum atomic E-state index is 14.8. The Bertz CT molecular complexity index is 1880. The number of imidazole rings is 1. The molecule has 9 nitrogen and oxygen atoms in total. The molecule has 0 saturated heterocycles. The third kappa shape index (κ3) is 6.67. The van der Waals surface area contributed by atoms with Crippen LogP contribution in [0.2, 0.25) is 0 Å². The van der Waals surface area contributed by atoms with E-state index in [1.165, 1.54) is 43.8 Å². The lowest BCUT2D eigenvalue weighted by molar-refractivity contribution is -0.143. The standard InChI is InChI=1S/C29H25F8N5O4/c1-4-22(29(35,36)37)39-20-12-18(30)16(11-19(20)31)25(43)40-21(27(45)46)10-14-5-6-15(24-38-7-8-42(14)24)23-17(28(32,33)34)9-13(2)41(3)26(23)44/h5-9,11-12,21-22,39H,4,10H2,1-3H3,(H,40,43)(H,45,46)/t21-,22+/m0/s1. The summed E-state index contributed by atoms with van der Waals surface area (Å²) in [6.07, 6.45) is -8.27. The van der Waals surface area contributed by atoms with Crippen LogP contribution >= 0.6 is 0 Å². The number of carboxylic acid groups (broad SMARTS) is 1. The van der Waals surface area contributed by atoms with E-state index < -0.39 is 88.7 Å². The Balaban J connectivity index is 1.67. The number of fused-ring (bicyclic) bond motifs is 1. The van der Waals surface area contributed by atoms with E-state index >= 15 is 0 Å². The number of anilines is 1. The van der Waals surface area contributed by atoms with Gasteiger partial charge >= 0.3 is 18.3 Å². The summed E-state index contributed by atoms with van der Waals surface area (Å²) >= 11 is 0. The van der Waals surface area contributed by atoms with Gasteiger partial charge in [-0.15, -0.1) is 0 Å². The summed E-state index contributed by atoms with van der Waals surface area (Å²) in [5, 5.41) is 13.6. The van der Waals surface area contributed by atoms with Gasteiger partial charge in [0.2, 0.25) is 0 Å². The van der Waals surface area contributed by atoms with Crippen LogP contribution in [0.25, 0.3) is 16.8 Å². The quantitative estimate of drug-likeness (QED) is 0.205. The first-order chi connectivity index (χ1) is 21.3. The summed E-state index contributed by atoms with van der Waals surface area (Å²) in [6, 6.07) is -0.189. The molecule has 0 unspecified atom stereocenters. The summed E-state index contributed by atoms with van der Waals surface area (Å²) < 4.78 is 113. The largest absolute Gasteiger partial charge is 0.480 e. The van der Waals surface area contributed by atoms with Crippen LogP contribution in [0, 0.1) is 18.6 Å². The lowest BCUT2D eigenvalue weighted by Crippen LogP contribution is -2.43. The van der Waals surface area contributed by atoms with Gasteiger partial charge in [-0.3, -0.25) is 9.59 Å². The van der Waals surface area contributed by atoms with E-state index in [9.17, 15) is 54.6 Å². The molecule has 3 N–H and O–H groups in total. The minimum Gasteiger partial charge on any atom is -0.480 e. The number of hydrogen-bond acceptors (Lipinski definition) is 5. The van der Waals surface area contributed by atoms with Crippen molar-refractivity contribution in [3.63, 3.8) is 0 Å². The Morgan fingerprint density at radius 3 is 2.30 bits per heavy atom. The molecule has 0 saturated carbocycles. The van der Waals surface area contributed by atoms with E-state index in [2.05, 4.69) is 4.98 Å². The molecule has 1 amide bonds. The number of rotatable bonds is 9. The predicted octanol–water partition coefficient (Wildman–Crippen LogP) is 5.48. The van der Waals surface area contributed by atoms with Crippen molar-refractivity contribution in [2.75, 3.05) is 5.32 Å². The van der Waals surface area contributed by atoms with Gasteiger partial charge in [-0.2, -0.15) is 26.3 Å². The number of carbonyl (C=O) groups excluding carboxylic acids is 1. The summed E-state index contributed by atoms with van der Waals surface area (Å²) in [5.74, 6) is -5.89. The predicted molar refractivity (Wildman–Crippen MR) is 148 cm³/mol. The molecular formula is C29H25F8N5O4. The first-order valence-electron chi connectivity index (χ1n) is 13.4. The Hall–Kier alpha value is -4.96. The van der Waals surface area contributed by atoms with Crippen molar-refractivity contribution in [3.05, 3.63) is 87.2 Å². The number of amides is 1. The van der Waals surface area contributed by atoms with Crippen LogP contribution in [-0.4, -0.2) is 49.2 Å². The molecule has 0 spiro atoms. The Labute approximate surface area is 254 Å². The highest BCUT2D eigenvalue weighted by Gasteiger charge is 2.39. The maximum Gasteiger partial charge on any atom is 0.417 e. The minimum absolute atomic E-state index is 0.0470. The molecular weight excluding hydrogens is 634 g/mol. The van der Waals surface area contributed by atoms with Crippen molar-refractivity contribution in [2.24, 2.45) is 7.05 Å². The number of carbonyl (C=O) groups is 2. The van der Waals surface area contributed by atoms with Crippen LogP contribution in [0.3, 0.4) is 0 Å². The molecule has 0 fully saturated rings. The van der Waals surface area contributed by atoms with Crippen molar-refractivity contribution in [1.82, 2.24) is 19.3 Å². The van der Waals surface area contributed by atoms with Gasteiger partial charge in [0.05, 0.1) is 22.4 Å². The Morgan fingerprint density at radius 1 is 1.04 bits per heavy atom. The van der Waals surface area contributed by atoms with Crippen molar-refractivity contribution in [3.8, 4) is 11.1 Å². The van der Waals surface area contributed by atoms with Gasteiger partial charge in [-0.25, -0.2) is 18.6 Å². The van der Waals surface area contributed by atoms with E-state index in [0.29, 0.717) is 12.1 Å². The van der Waals surface area contributed by atoms with Gasteiger partial charge in [0.1, 0.15) is 29.4 Å². The molecule has 46 heavy (non-hydrogen) atoms. The topological polar surface area (TPSA) is 118 Å². The number of aliphatic carboxylic acids is 1. The van der Waals surface area contributed by atoms with Crippen molar-refractivity contribution >= 4 is 23.2 Å². The first-order valence-corrected chi connectivity index (χ1v) is 13.4. The molecule has 3 heterocycles. The van der Waals surface area contributed by atoms with Crippen LogP contribution in [0.5, 0.6) is 0 Å². The van der Waals surface area contributed by atoms with E-state index in [1.54, 1.807) is 0 Å². The van der Waals surface area contributed by atoms with Gasteiger partial charge < -0.3 is 24.7 Å². The van der Waals surface area contributed by atoms with Gasteiger partial charge in [0.25, 0.3) is 11.5 Å². The molecule has 0 radical (unpaired) electrons. The fourth-order valence-corrected chi connectivity index (χ4v) is 4.81. The molecule has 4 rings (SSSR count). The third-order valence-electron chi connectivity index (χ3n) is 7.33. The van der Waals surface area contributed by atoms with E-state index in [1.807, 2.05) is 10.6 Å². The van der Waals surface area contributed by atoms with Crippen molar-refractivity contribution in [2.45, 2.75) is 51.1 Å². The van der Waals surface area contributed by atoms with Crippen molar-refractivity contribution < 1.29 is 49.8 Å². The molecule has 246 valence electrons. The average molecular weight is 660 g/mol. The highest BCUT2D eigenvalue weighted by molar-refractivity contribution is 5.97. The van der Waals surface area contributed by atoms with Gasteiger partial charge in [0.15, 0.2) is 0 Å². The number of aryl methyl sites for hydroxylation is 1. The van der Waals surface area contributed by atoms with E-state index in [4.69, 9.17) is 0 Å². The highest BCUT2D eigenvalue weighted by Crippen LogP contribution is 2.37. The number of pyridine rings is 2. The number of aromatic nitrogens is 3. The second-order valence-electron chi connectivity index (χ2n) is 10.3. The van der Waals surface area contributed by atoms with Crippen LogP contribution in [0.1, 0.15) is 40.7 Å². The SMILES string of the molecule is CC[C@@H](Nc1cc(F)c(C(=O)N[C@@H](Cc2ccc(-c3c(C(F)(F)F)cc(C)n(C)c3=O)c3nccn23)C(=O)O)cc1F)C(F)(F)F. The number of benzene rings is 1. The number of nitrogens with one attached hydrogen (secondary N) is 2. The van der Waals surface area contributed by atoms with Crippen LogP contribution in [0.15, 0.2) is 47.5 Å². The summed E-state index contributed by atoms with van der Waals surface area (Å²) in [5.41, 5.74) is -4.93. The fourth-order valence-electron chi connectivity index (χ4n) is 4.81. The fraction of sp³-hybridized carbons (Fsp3) is 0.310. The highest BCUT2D eigenvalue weighted by atomic mass is 19.4. The third-order valence-corrected chi connectivity index (χ3v) is 7.33. The summed E-state index contributed by atoms with van der Waals surface area (Å²) in [4.78, 5) is 41.9. The molecule has 4 aromatic rings. The summed E-state index contributed by atoms with van der Waals surface area (Å²) in [6.45, 7) is 2.50. The lowest BCUT2D eigenvalue weighted by atomic mass is 9.99. The van der Waals surface area contributed by atoms with Gasteiger partial charge in [0, 0.05) is 48.9 Å². The van der Waals surface area contributed by atoms with E-state index in [-0.39, 0.29) is 22.6 Å². The van der Waals surface area contributed by atoms with E-state index in [0.717, 1.165) is 16.7 Å². The van der Waals surface area contributed by atoms with Gasteiger partial charge in [-0.1, -0.05) is 6.92 Å². The number of carboxylic acids is 1. The molecule has 0 bridgehead atoms. The number of alkyl halides is 6. The van der Waals surface area contributed by atoms with Crippen LogP contribution in [-0.2, 0) is 24.4 Å². The molecule has 17 heteroatoms. The zero-order valence-corrected chi connectivity index (χ0v) is 24.1. The second kappa shape index (κ2) is 12.4. The molecule has 3 aromatic heterocycles. The zero-order chi connectivity index (χ0) is 34.3.